The van der Waals surface area contributed by atoms with Gasteiger partial charge in [0.05, 0.1) is 0 Å². The fraction of sp³-hybridized carbons (Fsp3) is 0.200. The second-order valence-electron chi connectivity index (χ2n) is 4.30. The molecule has 2 aromatic carbocycles. The Hall–Kier alpha value is -1.97. The Bertz CT molecular complexity index is 544. The summed E-state index contributed by atoms with van der Waals surface area (Å²) in [6.45, 7) is 0.705. The first-order valence-electron chi connectivity index (χ1n) is 5.81. The van der Waals surface area contributed by atoms with Crippen LogP contribution in [0.5, 0.6) is 5.75 Å². The van der Waals surface area contributed by atoms with E-state index in [9.17, 15) is 13.2 Å². The number of benzene rings is 2. The molecule has 0 amide bonds. The Kier molecular flexibility index (Phi) is 3.79. The number of aryl methyl sites for hydroxylation is 1. The zero-order valence-electron chi connectivity index (χ0n) is 10.4. The van der Waals surface area contributed by atoms with Gasteiger partial charge in [-0.2, -0.15) is 13.2 Å². The van der Waals surface area contributed by atoms with Crippen molar-refractivity contribution >= 4 is 0 Å². The van der Waals surface area contributed by atoms with Crippen LogP contribution in [0.1, 0.15) is 5.56 Å². The van der Waals surface area contributed by atoms with E-state index in [0.29, 0.717) is 0 Å². The molecule has 0 N–H and O–H groups in total. The SMILES string of the molecule is Cc1ccc(-c2cccc(OCC(F)(F)F)c2)cc1. The highest BCUT2D eigenvalue weighted by Crippen LogP contribution is 2.25. The predicted octanol–water partition coefficient (Wildman–Crippen LogP) is 4.60. The number of alkyl halides is 3. The van der Waals surface area contributed by atoms with Crippen molar-refractivity contribution in [1.29, 1.82) is 0 Å². The molecule has 0 fully saturated rings. The molecule has 2 aromatic rings. The lowest BCUT2D eigenvalue weighted by Crippen LogP contribution is -2.19. The molecular formula is C15H13F3O. The molecular weight excluding hydrogens is 253 g/mol. The largest absolute Gasteiger partial charge is 0.484 e. The molecule has 0 saturated carbocycles. The molecule has 0 bridgehead atoms. The fourth-order valence-electron chi connectivity index (χ4n) is 1.68. The van der Waals surface area contributed by atoms with Gasteiger partial charge >= 0.3 is 6.18 Å². The number of hydrogen-bond acceptors (Lipinski definition) is 1. The van der Waals surface area contributed by atoms with E-state index in [1.165, 1.54) is 6.07 Å². The summed E-state index contributed by atoms with van der Waals surface area (Å²) in [5, 5.41) is 0. The second kappa shape index (κ2) is 5.34. The Balaban J connectivity index is 2.17. The topological polar surface area (TPSA) is 9.23 Å². The monoisotopic (exact) mass is 266 g/mol. The van der Waals surface area contributed by atoms with E-state index < -0.39 is 12.8 Å². The third kappa shape index (κ3) is 4.02. The minimum absolute atomic E-state index is 0.218. The molecule has 19 heavy (non-hydrogen) atoms. The molecule has 2 rings (SSSR count). The van der Waals surface area contributed by atoms with Gasteiger partial charge in [0, 0.05) is 0 Å². The van der Waals surface area contributed by atoms with Crippen LogP contribution < -0.4 is 4.74 Å². The van der Waals surface area contributed by atoms with Crippen LogP contribution in [0.2, 0.25) is 0 Å². The van der Waals surface area contributed by atoms with Crippen molar-refractivity contribution < 1.29 is 17.9 Å². The molecule has 0 radical (unpaired) electrons. The molecule has 0 heterocycles. The van der Waals surface area contributed by atoms with Crippen LogP contribution in [0.3, 0.4) is 0 Å². The van der Waals surface area contributed by atoms with Crippen LogP contribution >= 0.6 is 0 Å². The van der Waals surface area contributed by atoms with Gasteiger partial charge in [-0.25, -0.2) is 0 Å². The molecule has 0 aromatic heterocycles. The van der Waals surface area contributed by atoms with Gasteiger partial charge in [0.2, 0.25) is 0 Å². The van der Waals surface area contributed by atoms with E-state index in [4.69, 9.17) is 4.74 Å². The van der Waals surface area contributed by atoms with Crippen LogP contribution in [0.15, 0.2) is 48.5 Å². The second-order valence-corrected chi connectivity index (χ2v) is 4.30. The van der Waals surface area contributed by atoms with Crippen molar-refractivity contribution in [1.82, 2.24) is 0 Å². The van der Waals surface area contributed by atoms with Crippen LogP contribution in [0, 0.1) is 6.92 Å². The van der Waals surface area contributed by atoms with E-state index in [1.807, 2.05) is 37.3 Å². The lowest BCUT2D eigenvalue weighted by molar-refractivity contribution is -0.153. The van der Waals surface area contributed by atoms with E-state index >= 15 is 0 Å². The van der Waals surface area contributed by atoms with Gasteiger partial charge in [0.15, 0.2) is 6.61 Å². The molecule has 0 aliphatic carbocycles. The lowest BCUT2D eigenvalue weighted by Gasteiger charge is -2.10. The van der Waals surface area contributed by atoms with Crippen LogP contribution in [0.25, 0.3) is 11.1 Å². The summed E-state index contributed by atoms with van der Waals surface area (Å²) >= 11 is 0. The van der Waals surface area contributed by atoms with E-state index in [1.54, 1.807) is 12.1 Å². The highest BCUT2D eigenvalue weighted by molar-refractivity contribution is 5.65. The molecule has 1 nitrogen and oxygen atoms in total. The molecule has 100 valence electrons. The van der Waals surface area contributed by atoms with Crippen molar-refractivity contribution in [3.05, 3.63) is 54.1 Å². The third-order valence-electron chi connectivity index (χ3n) is 2.62. The highest BCUT2D eigenvalue weighted by Gasteiger charge is 2.28. The smallest absolute Gasteiger partial charge is 0.422 e. The number of rotatable bonds is 3. The maximum Gasteiger partial charge on any atom is 0.422 e. The van der Waals surface area contributed by atoms with Crippen molar-refractivity contribution in [2.75, 3.05) is 6.61 Å². The summed E-state index contributed by atoms with van der Waals surface area (Å²) in [5.41, 5.74) is 2.91. The first-order valence-corrected chi connectivity index (χ1v) is 5.81. The van der Waals surface area contributed by atoms with E-state index in [-0.39, 0.29) is 5.75 Å². The zero-order chi connectivity index (χ0) is 13.9. The van der Waals surface area contributed by atoms with Gasteiger partial charge in [-0.3, -0.25) is 0 Å². The minimum atomic E-state index is -4.32. The van der Waals surface area contributed by atoms with Crippen molar-refractivity contribution in [2.24, 2.45) is 0 Å². The normalized spacial score (nSPS) is 11.4. The number of ether oxygens (including phenoxy) is 1. The van der Waals surface area contributed by atoms with Crippen LogP contribution in [0.4, 0.5) is 13.2 Å². The van der Waals surface area contributed by atoms with Crippen molar-refractivity contribution in [3.8, 4) is 16.9 Å². The average molecular weight is 266 g/mol. The molecule has 0 aliphatic heterocycles. The maximum absolute atomic E-state index is 12.1. The Morgan fingerprint density at radius 1 is 0.947 bits per heavy atom. The Labute approximate surface area is 109 Å². The first-order chi connectivity index (χ1) is 8.94. The highest BCUT2D eigenvalue weighted by atomic mass is 19.4. The van der Waals surface area contributed by atoms with Crippen molar-refractivity contribution in [2.45, 2.75) is 13.1 Å². The number of halogens is 3. The first kappa shape index (κ1) is 13.5. The zero-order valence-corrected chi connectivity index (χ0v) is 10.4. The Morgan fingerprint density at radius 2 is 1.63 bits per heavy atom. The fourth-order valence-corrected chi connectivity index (χ4v) is 1.68. The summed E-state index contributed by atoms with van der Waals surface area (Å²) in [6, 6.07) is 14.4. The summed E-state index contributed by atoms with van der Waals surface area (Å²) in [5.74, 6) is 0.218. The molecule has 4 heteroatoms. The van der Waals surface area contributed by atoms with Crippen molar-refractivity contribution in [3.63, 3.8) is 0 Å². The molecule has 0 atom stereocenters. The lowest BCUT2D eigenvalue weighted by atomic mass is 10.0. The van der Waals surface area contributed by atoms with E-state index in [2.05, 4.69) is 0 Å². The number of hydrogen-bond donors (Lipinski definition) is 0. The van der Waals surface area contributed by atoms with Gasteiger partial charge in [0.1, 0.15) is 5.75 Å². The predicted molar refractivity (Wildman–Crippen MR) is 68.2 cm³/mol. The van der Waals surface area contributed by atoms with Crippen LogP contribution in [-0.2, 0) is 0 Å². The molecule has 0 saturated heterocycles. The van der Waals surface area contributed by atoms with Gasteiger partial charge in [0.25, 0.3) is 0 Å². The van der Waals surface area contributed by atoms with Gasteiger partial charge < -0.3 is 4.74 Å². The van der Waals surface area contributed by atoms with Crippen LogP contribution in [-0.4, -0.2) is 12.8 Å². The van der Waals surface area contributed by atoms with Gasteiger partial charge in [-0.1, -0.05) is 42.0 Å². The summed E-state index contributed by atoms with van der Waals surface area (Å²) < 4.78 is 41.0. The summed E-state index contributed by atoms with van der Waals surface area (Å²) in [4.78, 5) is 0. The maximum atomic E-state index is 12.1. The molecule has 0 spiro atoms. The van der Waals surface area contributed by atoms with Gasteiger partial charge in [-0.05, 0) is 30.2 Å². The van der Waals surface area contributed by atoms with E-state index in [0.717, 1.165) is 16.7 Å². The minimum Gasteiger partial charge on any atom is -0.484 e. The standard InChI is InChI=1S/C15H13F3O/c1-11-5-7-12(8-6-11)13-3-2-4-14(9-13)19-10-15(16,17)18/h2-9H,10H2,1H3. The quantitative estimate of drug-likeness (QED) is 0.788. The Morgan fingerprint density at radius 3 is 2.26 bits per heavy atom. The average Bonchev–Trinajstić information content (AvgIpc) is 2.37. The molecule has 0 aliphatic rings. The van der Waals surface area contributed by atoms with Gasteiger partial charge in [-0.15, -0.1) is 0 Å². The third-order valence-corrected chi connectivity index (χ3v) is 2.62. The summed E-state index contributed by atoms with van der Waals surface area (Å²) in [6.07, 6.45) is -4.32. The summed E-state index contributed by atoms with van der Waals surface area (Å²) in [7, 11) is 0. The molecule has 0 unspecified atom stereocenters.